The molecule has 1 aromatic rings. The van der Waals surface area contributed by atoms with Gasteiger partial charge in [-0.1, -0.05) is 0 Å². The van der Waals surface area contributed by atoms with E-state index in [0.29, 0.717) is 19.8 Å². The quantitative estimate of drug-likeness (QED) is 0.715. The summed E-state index contributed by atoms with van der Waals surface area (Å²) in [5.74, 6) is 1.71. The van der Waals surface area contributed by atoms with E-state index in [1.54, 1.807) is 7.11 Å². The number of hydrogen-bond donors (Lipinski definition) is 2. The zero-order valence-electron chi connectivity index (χ0n) is 13.0. The molecule has 2 N–H and O–H groups in total. The van der Waals surface area contributed by atoms with Gasteiger partial charge in [0.15, 0.2) is 0 Å². The van der Waals surface area contributed by atoms with Crippen molar-refractivity contribution in [3.8, 4) is 11.5 Å². The molecule has 2 rings (SSSR count). The molecule has 2 atom stereocenters. The third-order valence-electron chi connectivity index (χ3n) is 3.58. The second-order valence-corrected chi connectivity index (χ2v) is 5.25. The summed E-state index contributed by atoms with van der Waals surface area (Å²) in [7, 11) is 1.66. The molecule has 1 heterocycles. The zero-order chi connectivity index (χ0) is 15.2. The Bertz CT molecular complexity index is 464. The molecule has 21 heavy (non-hydrogen) atoms. The first kappa shape index (κ1) is 16.1. The summed E-state index contributed by atoms with van der Waals surface area (Å²) < 4.78 is 16.6. The van der Waals surface area contributed by atoms with Crippen LogP contribution in [-0.2, 0) is 11.2 Å². The van der Waals surface area contributed by atoms with E-state index in [1.165, 1.54) is 5.56 Å². The molecule has 1 aliphatic heterocycles. The van der Waals surface area contributed by atoms with Crippen LogP contribution in [0.5, 0.6) is 11.5 Å². The normalized spacial score (nSPS) is 18.2. The lowest BCUT2D eigenvalue weighted by Gasteiger charge is -2.21. The van der Waals surface area contributed by atoms with Crippen molar-refractivity contribution >= 4 is 0 Å². The van der Waals surface area contributed by atoms with E-state index in [4.69, 9.17) is 14.2 Å². The second-order valence-electron chi connectivity index (χ2n) is 5.25. The first-order valence-corrected chi connectivity index (χ1v) is 7.49. The smallest absolute Gasteiger partial charge is 0.124 e. The topological polar surface area (TPSA) is 60.0 Å². The maximum absolute atomic E-state index is 9.67. The van der Waals surface area contributed by atoms with Crippen molar-refractivity contribution in [2.24, 2.45) is 0 Å². The van der Waals surface area contributed by atoms with Gasteiger partial charge in [-0.05, 0) is 26.0 Å². The van der Waals surface area contributed by atoms with Crippen LogP contribution in [0, 0.1) is 0 Å². The molecule has 0 aromatic heterocycles. The van der Waals surface area contributed by atoms with E-state index in [0.717, 1.165) is 23.5 Å². The van der Waals surface area contributed by atoms with Gasteiger partial charge < -0.3 is 24.6 Å². The predicted molar refractivity (Wildman–Crippen MR) is 81.1 cm³/mol. The molecule has 2 unspecified atom stereocenters. The van der Waals surface area contributed by atoms with Crippen LogP contribution in [0.2, 0.25) is 0 Å². The first-order chi connectivity index (χ1) is 10.2. The third-order valence-corrected chi connectivity index (χ3v) is 3.58. The molecule has 0 saturated carbocycles. The molecule has 0 radical (unpaired) electrons. The Kier molecular flexibility index (Phi) is 5.85. The van der Waals surface area contributed by atoms with Gasteiger partial charge in [0.1, 0.15) is 17.6 Å². The summed E-state index contributed by atoms with van der Waals surface area (Å²) in [6.45, 7) is 5.87. The lowest BCUT2D eigenvalue weighted by Crippen LogP contribution is -2.28. The summed E-state index contributed by atoms with van der Waals surface area (Å²) in [6.07, 6.45) is 1.09. The summed E-state index contributed by atoms with van der Waals surface area (Å²) in [5.41, 5.74) is 2.10. The molecule has 0 saturated heterocycles. The highest BCUT2D eigenvalue weighted by atomic mass is 16.5. The average Bonchev–Trinajstić information content (AvgIpc) is 2.83. The van der Waals surface area contributed by atoms with Crippen LogP contribution in [-0.4, -0.2) is 44.7 Å². The standard InChI is InChI=1S/C16H25NO4/c1-4-20-16-8-12-7-11(2)21-15(12)9-13(16)14(10-18)17-5-6-19-3/h8-9,11,14,17-18H,4-7,10H2,1-3H3. The number of ether oxygens (including phenoxy) is 3. The van der Waals surface area contributed by atoms with E-state index in [-0.39, 0.29) is 18.8 Å². The molecule has 1 aliphatic rings. The molecule has 0 bridgehead atoms. The van der Waals surface area contributed by atoms with E-state index >= 15 is 0 Å². The molecule has 0 aliphatic carbocycles. The van der Waals surface area contributed by atoms with Gasteiger partial charge in [-0.3, -0.25) is 0 Å². The number of fused-ring (bicyclic) bond motifs is 1. The Morgan fingerprint density at radius 3 is 2.95 bits per heavy atom. The molecule has 5 heteroatoms. The summed E-state index contributed by atoms with van der Waals surface area (Å²) in [4.78, 5) is 0. The minimum absolute atomic E-state index is 0.00186. The van der Waals surface area contributed by atoms with Gasteiger partial charge in [0.2, 0.25) is 0 Å². The monoisotopic (exact) mass is 295 g/mol. The minimum Gasteiger partial charge on any atom is -0.494 e. The average molecular weight is 295 g/mol. The number of aliphatic hydroxyl groups is 1. The molecule has 5 nitrogen and oxygen atoms in total. The van der Waals surface area contributed by atoms with Crippen LogP contribution in [0.4, 0.5) is 0 Å². The highest BCUT2D eigenvalue weighted by Crippen LogP contribution is 2.37. The van der Waals surface area contributed by atoms with Gasteiger partial charge in [0, 0.05) is 31.2 Å². The molecule has 118 valence electrons. The Morgan fingerprint density at radius 2 is 2.29 bits per heavy atom. The van der Waals surface area contributed by atoms with Gasteiger partial charge >= 0.3 is 0 Å². The Hall–Kier alpha value is -1.30. The maximum Gasteiger partial charge on any atom is 0.124 e. The minimum atomic E-state index is -0.188. The lowest BCUT2D eigenvalue weighted by molar-refractivity contribution is 0.182. The van der Waals surface area contributed by atoms with Gasteiger partial charge in [0.25, 0.3) is 0 Å². The maximum atomic E-state index is 9.67. The van der Waals surface area contributed by atoms with Crippen molar-refractivity contribution in [3.63, 3.8) is 0 Å². The first-order valence-electron chi connectivity index (χ1n) is 7.49. The summed E-state index contributed by atoms with van der Waals surface area (Å²) in [5, 5.41) is 12.9. The zero-order valence-corrected chi connectivity index (χ0v) is 13.0. The SMILES string of the molecule is CCOc1cc2c(cc1C(CO)NCCOC)OC(C)C2. The molecule has 0 fully saturated rings. The van der Waals surface area contributed by atoms with Crippen molar-refractivity contribution in [2.75, 3.05) is 33.5 Å². The Morgan fingerprint density at radius 1 is 1.48 bits per heavy atom. The van der Waals surface area contributed by atoms with E-state index in [2.05, 4.69) is 12.2 Å². The number of hydrogen-bond acceptors (Lipinski definition) is 5. The van der Waals surface area contributed by atoms with Crippen molar-refractivity contribution in [3.05, 3.63) is 23.3 Å². The predicted octanol–water partition coefficient (Wildman–Crippen LogP) is 1.68. The largest absolute Gasteiger partial charge is 0.494 e. The van der Waals surface area contributed by atoms with Crippen molar-refractivity contribution < 1.29 is 19.3 Å². The molecule has 0 amide bonds. The fourth-order valence-corrected chi connectivity index (χ4v) is 2.62. The molecule has 0 spiro atoms. The van der Waals surface area contributed by atoms with Gasteiger partial charge in [0.05, 0.1) is 25.9 Å². The van der Waals surface area contributed by atoms with Crippen molar-refractivity contribution in [1.82, 2.24) is 5.32 Å². The van der Waals surface area contributed by atoms with E-state index in [1.807, 2.05) is 19.1 Å². The Balaban J connectivity index is 2.24. The highest BCUT2D eigenvalue weighted by molar-refractivity contribution is 5.50. The van der Waals surface area contributed by atoms with Crippen LogP contribution in [0.3, 0.4) is 0 Å². The van der Waals surface area contributed by atoms with Crippen LogP contribution in [0.15, 0.2) is 12.1 Å². The van der Waals surface area contributed by atoms with Crippen LogP contribution >= 0.6 is 0 Å². The number of aliphatic hydroxyl groups excluding tert-OH is 1. The fourth-order valence-electron chi connectivity index (χ4n) is 2.62. The van der Waals surface area contributed by atoms with Crippen LogP contribution in [0.25, 0.3) is 0 Å². The van der Waals surface area contributed by atoms with Crippen LogP contribution in [0.1, 0.15) is 31.0 Å². The number of nitrogens with one attached hydrogen (secondary N) is 1. The van der Waals surface area contributed by atoms with Gasteiger partial charge in [-0.15, -0.1) is 0 Å². The third kappa shape index (κ3) is 3.87. The number of benzene rings is 1. The summed E-state index contributed by atoms with van der Waals surface area (Å²) in [6, 6.07) is 3.84. The van der Waals surface area contributed by atoms with Crippen molar-refractivity contribution in [2.45, 2.75) is 32.4 Å². The molecule has 1 aromatic carbocycles. The Labute approximate surface area is 126 Å². The second kappa shape index (κ2) is 7.64. The molecular weight excluding hydrogens is 270 g/mol. The highest BCUT2D eigenvalue weighted by Gasteiger charge is 2.24. The number of methoxy groups -OCH3 is 1. The lowest BCUT2D eigenvalue weighted by atomic mass is 10.0. The van der Waals surface area contributed by atoms with Gasteiger partial charge in [-0.25, -0.2) is 0 Å². The van der Waals surface area contributed by atoms with Crippen LogP contribution < -0.4 is 14.8 Å². The van der Waals surface area contributed by atoms with E-state index in [9.17, 15) is 5.11 Å². The fraction of sp³-hybridized carbons (Fsp3) is 0.625. The summed E-state index contributed by atoms with van der Waals surface area (Å²) >= 11 is 0. The van der Waals surface area contributed by atoms with Crippen molar-refractivity contribution in [1.29, 1.82) is 0 Å². The van der Waals surface area contributed by atoms with Gasteiger partial charge in [-0.2, -0.15) is 0 Å². The molecular formula is C16H25NO4. The van der Waals surface area contributed by atoms with E-state index < -0.39 is 0 Å². The number of rotatable bonds is 8.